The van der Waals surface area contributed by atoms with Gasteiger partial charge in [-0.25, -0.2) is 0 Å². The summed E-state index contributed by atoms with van der Waals surface area (Å²) in [6.07, 6.45) is 1.25. The molecule has 0 unspecified atom stereocenters. The maximum absolute atomic E-state index is 11.5. The molecule has 1 amide bonds. The number of rotatable bonds is 8. The molecule has 0 saturated carbocycles. The summed E-state index contributed by atoms with van der Waals surface area (Å²) >= 11 is 0. The zero-order valence-corrected chi connectivity index (χ0v) is 10.0. The first kappa shape index (κ1) is 13.7. The summed E-state index contributed by atoms with van der Waals surface area (Å²) < 4.78 is 5.21. The van der Waals surface area contributed by atoms with Gasteiger partial charge in [0.05, 0.1) is 13.0 Å². The third-order valence-corrected chi connectivity index (χ3v) is 2.26. The van der Waals surface area contributed by atoms with Crippen LogP contribution in [0.5, 0.6) is 0 Å². The van der Waals surface area contributed by atoms with Crippen LogP contribution in [0.3, 0.4) is 0 Å². The lowest BCUT2D eigenvalue weighted by Gasteiger charge is -2.05. The Bertz CT molecular complexity index is 314. The fourth-order valence-corrected chi connectivity index (χ4v) is 1.43. The van der Waals surface area contributed by atoms with E-state index in [0.29, 0.717) is 32.7 Å². The molecule has 0 aliphatic rings. The van der Waals surface area contributed by atoms with Crippen LogP contribution in [0.25, 0.3) is 0 Å². The highest BCUT2D eigenvalue weighted by molar-refractivity contribution is 5.78. The van der Waals surface area contributed by atoms with Gasteiger partial charge in [0.2, 0.25) is 5.91 Å². The first-order valence-electron chi connectivity index (χ1n) is 5.91. The molecule has 0 aliphatic carbocycles. The van der Waals surface area contributed by atoms with E-state index in [1.165, 1.54) is 0 Å². The number of nitrogens with one attached hydrogen (secondary N) is 1. The van der Waals surface area contributed by atoms with Gasteiger partial charge in [0.15, 0.2) is 0 Å². The third-order valence-electron chi connectivity index (χ3n) is 2.26. The highest BCUT2D eigenvalue weighted by atomic mass is 16.5. The Labute approximate surface area is 102 Å². The van der Waals surface area contributed by atoms with Crippen molar-refractivity contribution in [3.8, 4) is 0 Å². The van der Waals surface area contributed by atoms with E-state index in [2.05, 4.69) is 5.32 Å². The van der Waals surface area contributed by atoms with Gasteiger partial charge in [-0.15, -0.1) is 0 Å². The maximum Gasteiger partial charge on any atom is 0.224 e. The van der Waals surface area contributed by atoms with Crippen molar-refractivity contribution in [2.75, 3.05) is 26.3 Å². The quantitative estimate of drug-likeness (QED) is 0.653. The smallest absolute Gasteiger partial charge is 0.224 e. The Balaban J connectivity index is 2.06. The molecule has 0 bridgehead atoms. The summed E-state index contributed by atoms with van der Waals surface area (Å²) in [4.78, 5) is 11.5. The molecule has 0 aliphatic heterocycles. The zero-order valence-electron chi connectivity index (χ0n) is 10.0. The molecular weight excluding hydrogens is 216 g/mol. The second-order valence-electron chi connectivity index (χ2n) is 3.77. The molecule has 0 saturated heterocycles. The van der Waals surface area contributed by atoms with Crippen LogP contribution in [0.4, 0.5) is 0 Å². The second-order valence-corrected chi connectivity index (χ2v) is 3.77. The topological polar surface area (TPSA) is 64.3 Å². The van der Waals surface area contributed by atoms with Gasteiger partial charge >= 0.3 is 0 Å². The summed E-state index contributed by atoms with van der Waals surface area (Å²) in [5, 5.41) is 2.86. The number of benzene rings is 1. The standard InChI is InChI=1S/C13H20N2O2/c14-7-10-17-9-4-8-15-13(16)11-12-5-2-1-3-6-12/h1-3,5-6H,4,7-11,14H2,(H,15,16). The highest BCUT2D eigenvalue weighted by Crippen LogP contribution is 1.98. The van der Waals surface area contributed by atoms with Crippen LogP contribution in [-0.4, -0.2) is 32.2 Å². The number of hydrogen-bond acceptors (Lipinski definition) is 3. The van der Waals surface area contributed by atoms with Crippen LogP contribution in [0.1, 0.15) is 12.0 Å². The van der Waals surface area contributed by atoms with Crippen molar-refractivity contribution in [2.45, 2.75) is 12.8 Å². The van der Waals surface area contributed by atoms with E-state index in [4.69, 9.17) is 10.5 Å². The van der Waals surface area contributed by atoms with Crippen LogP contribution in [0.15, 0.2) is 30.3 Å². The average molecular weight is 236 g/mol. The van der Waals surface area contributed by atoms with Crippen LogP contribution >= 0.6 is 0 Å². The van der Waals surface area contributed by atoms with Crippen LogP contribution in [-0.2, 0) is 16.0 Å². The minimum absolute atomic E-state index is 0.0509. The van der Waals surface area contributed by atoms with Gasteiger partial charge in [-0.1, -0.05) is 30.3 Å². The summed E-state index contributed by atoms with van der Waals surface area (Å²) in [6.45, 7) is 2.41. The van der Waals surface area contributed by atoms with E-state index in [0.717, 1.165) is 12.0 Å². The van der Waals surface area contributed by atoms with Crippen LogP contribution < -0.4 is 11.1 Å². The molecule has 0 fully saturated rings. The van der Waals surface area contributed by atoms with Gasteiger partial charge in [-0.05, 0) is 12.0 Å². The highest BCUT2D eigenvalue weighted by Gasteiger charge is 2.01. The molecule has 1 aromatic rings. The molecule has 0 spiro atoms. The third kappa shape index (κ3) is 6.71. The predicted molar refractivity (Wildman–Crippen MR) is 67.6 cm³/mol. The molecule has 17 heavy (non-hydrogen) atoms. The fraction of sp³-hybridized carbons (Fsp3) is 0.462. The van der Waals surface area contributed by atoms with E-state index in [-0.39, 0.29) is 5.91 Å². The number of carbonyl (C=O) groups excluding carboxylic acids is 1. The van der Waals surface area contributed by atoms with Crippen molar-refractivity contribution < 1.29 is 9.53 Å². The monoisotopic (exact) mass is 236 g/mol. The molecule has 1 rings (SSSR count). The summed E-state index contributed by atoms with van der Waals surface area (Å²) in [5.74, 6) is 0.0509. The number of carbonyl (C=O) groups is 1. The Morgan fingerprint density at radius 2 is 2.00 bits per heavy atom. The van der Waals surface area contributed by atoms with E-state index < -0.39 is 0 Å². The van der Waals surface area contributed by atoms with E-state index >= 15 is 0 Å². The first-order valence-corrected chi connectivity index (χ1v) is 5.91. The Morgan fingerprint density at radius 3 is 2.71 bits per heavy atom. The summed E-state index contributed by atoms with van der Waals surface area (Å²) in [5.41, 5.74) is 6.31. The average Bonchev–Trinajstić information content (AvgIpc) is 2.35. The van der Waals surface area contributed by atoms with Crippen molar-refractivity contribution in [3.63, 3.8) is 0 Å². The Hall–Kier alpha value is -1.39. The lowest BCUT2D eigenvalue weighted by atomic mass is 10.1. The maximum atomic E-state index is 11.5. The molecule has 1 aromatic carbocycles. The number of hydrogen-bond donors (Lipinski definition) is 2. The van der Waals surface area contributed by atoms with Gasteiger partial charge in [0.1, 0.15) is 0 Å². The minimum Gasteiger partial charge on any atom is -0.380 e. The van der Waals surface area contributed by atoms with Crippen molar-refractivity contribution in [1.29, 1.82) is 0 Å². The van der Waals surface area contributed by atoms with E-state index in [1.807, 2.05) is 30.3 Å². The Morgan fingerprint density at radius 1 is 1.24 bits per heavy atom. The molecule has 4 heteroatoms. The van der Waals surface area contributed by atoms with Gasteiger partial charge in [0, 0.05) is 19.7 Å². The molecule has 0 heterocycles. The molecule has 3 N–H and O–H groups in total. The lowest BCUT2D eigenvalue weighted by molar-refractivity contribution is -0.120. The predicted octanol–water partition coefficient (Wildman–Crippen LogP) is 0.711. The van der Waals surface area contributed by atoms with Gasteiger partial charge in [-0.3, -0.25) is 4.79 Å². The normalized spacial score (nSPS) is 10.2. The number of ether oxygens (including phenoxy) is 1. The molecule has 94 valence electrons. The van der Waals surface area contributed by atoms with Gasteiger partial charge in [0.25, 0.3) is 0 Å². The summed E-state index contributed by atoms with van der Waals surface area (Å²) in [6, 6.07) is 9.70. The molecule has 4 nitrogen and oxygen atoms in total. The summed E-state index contributed by atoms with van der Waals surface area (Å²) in [7, 11) is 0. The van der Waals surface area contributed by atoms with Gasteiger partial charge in [-0.2, -0.15) is 0 Å². The number of nitrogens with two attached hydrogens (primary N) is 1. The van der Waals surface area contributed by atoms with E-state index in [1.54, 1.807) is 0 Å². The molecular formula is C13H20N2O2. The SMILES string of the molecule is NCCOCCCNC(=O)Cc1ccccc1. The molecule has 0 aromatic heterocycles. The van der Waals surface area contributed by atoms with Crippen molar-refractivity contribution >= 4 is 5.91 Å². The van der Waals surface area contributed by atoms with Crippen molar-refractivity contribution in [2.24, 2.45) is 5.73 Å². The minimum atomic E-state index is 0.0509. The van der Waals surface area contributed by atoms with E-state index in [9.17, 15) is 4.79 Å². The molecule has 0 atom stereocenters. The lowest BCUT2D eigenvalue weighted by Crippen LogP contribution is -2.27. The number of amides is 1. The Kier molecular flexibility index (Phi) is 7.02. The van der Waals surface area contributed by atoms with Crippen molar-refractivity contribution in [1.82, 2.24) is 5.32 Å². The van der Waals surface area contributed by atoms with Crippen LogP contribution in [0, 0.1) is 0 Å². The largest absolute Gasteiger partial charge is 0.380 e. The first-order chi connectivity index (χ1) is 8.33. The zero-order chi connectivity index (χ0) is 12.3. The van der Waals surface area contributed by atoms with Gasteiger partial charge < -0.3 is 15.8 Å². The fourth-order valence-electron chi connectivity index (χ4n) is 1.43. The van der Waals surface area contributed by atoms with Crippen LogP contribution in [0.2, 0.25) is 0 Å². The molecule has 0 radical (unpaired) electrons. The second kappa shape index (κ2) is 8.73. The van der Waals surface area contributed by atoms with Crippen molar-refractivity contribution in [3.05, 3.63) is 35.9 Å².